The lowest BCUT2D eigenvalue weighted by atomic mass is 9.81. The molecule has 6 nitrogen and oxygen atoms in total. The predicted octanol–water partition coefficient (Wildman–Crippen LogP) is -0.0164. The Balaban J connectivity index is 2.27. The molecule has 3 N–H and O–H groups in total. The monoisotopic (exact) mass is 258 g/mol. The van der Waals surface area contributed by atoms with Crippen molar-refractivity contribution in [2.24, 2.45) is 5.41 Å². The van der Waals surface area contributed by atoms with E-state index in [-0.39, 0.29) is 24.5 Å². The number of rotatable bonds is 8. The van der Waals surface area contributed by atoms with Crippen molar-refractivity contribution in [3.8, 4) is 0 Å². The molecule has 1 amide bonds. The highest BCUT2D eigenvalue weighted by Gasteiger charge is 2.39. The molecule has 0 aromatic heterocycles. The summed E-state index contributed by atoms with van der Waals surface area (Å²) in [4.78, 5) is 22.4. The number of carboxylic acid groups (broad SMARTS) is 1. The molecule has 6 heteroatoms. The van der Waals surface area contributed by atoms with E-state index in [9.17, 15) is 9.59 Å². The van der Waals surface area contributed by atoms with E-state index in [0.29, 0.717) is 6.54 Å². The zero-order valence-electron chi connectivity index (χ0n) is 10.8. The highest BCUT2D eigenvalue weighted by molar-refractivity contribution is 5.83. The number of carboxylic acids is 1. The van der Waals surface area contributed by atoms with Gasteiger partial charge in [-0.05, 0) is 19.4 Å². The van der Waals surface area contributed by atoms with Crippen molar-refractivity contribution in [1.82, 2.24) is 10.6 Å². The molecule has 1 fully saturated rings. The van der Waals surface area contributed by atoms with Gasteiger partial charge in [-0.3, -0.25) is 4.79 Å². The van der Waals surface area contributed by atoms with Gasteiger partial charge in [0.25, 0.3) is 0 Å². The van der Waals surface area contributed by atoms with Gasteiger partial charge in [-0.2, -0.15) is 0 Å². The average Bonchev–Trinajstić information content (AvgIpc) is 2.78. The van der Waals surface area contributed by atoms with Crippen LogP contribution >= 0.6 is 0 Å². The number of ether oxygens (including phenoxy) is 1. The Kier molecular flexibility index (Phi) is 6.07. The standard InChI is InChI=1S/C12H22N2O4/c1-2-3-12(4-5-13-9-12)11(17)14-6-7-18-8-10(15)16/h13H,2-9H2,1H3,(H,14,17)(H,15,16). The third-order valence-electron chi connectivity index (χ3n) is 3.21. The summed E-state index contributed by atoms with van der Waals surface area (Å²) in [6.45, 7) is 3.94. The predicted molar refractivity (Wildman–Crippen MR) is 66.3 cm³/mol. The molecule has 1 aliphatic heterocycles. The van der Waals surface area contributed by atoms with E-state index < -0.39 is 5.97 Å². The van der Waals surface area contributed by atoms with Crippen molar-refractivity contribution in [3.05, 3.63) is 0 Å². The second kappa shape index (κ2) is 7.33. The van der Waals surface area contributed by atoms with Crippen LogP contribution in [0.2, 0.25) is 0 Å². The zero-order valence-corrected chi connectivity index (χ0v) is 10.8. The third kappa shape index (κ3) is 4.27. The maximum Gasteiger partial charge on any atom is 0.329 e. The molecule has 0 bridgehead atoms. The van der Waals surface area contributed by atoms with E-state index >= 15 is 0 Å². The Hall–Kier alpha value is -1.14. The van der Waals surface area contributed by atoms with Gasteiger partial charge >= 0.3 is 5.97 Å². The molecular formula is C12H22N2O4. The summed E-state index contributed by atoms with van der Waals surface area (Å²) in [7, 11) is 0. The minimum Gasteiger partial charge on any atom is -0.480 e. The SMILES string of the molecule is CCCC1(C(=O)NCCOCC(=O)O)CCNC1. The topological polar surface area (TPSA) is 87.7 Å². The fourth-order valence-electron chi connectivity index (χ4n) is 2.33. The number of carbonyl (C=O) groups is 2. The van der Waals surface area contributed by atoms with Gasteiger partial charge in [0.05, 0.1) is 12.0 Å². The van der Waals surface area contributed by atoms with Crippen molar-refractivity contribution >= 4 is 11.9 Å². The van der Waals surface area contributed by atoms with E-state index in [1.165, 1.54) is 0 Å². The lowest BCUT2D eigenvalue weighted by Gasteiger charge is -2.26. The van der Waals surface area contributed by atoms with Crippen LogP contribution in [-0.4, -0.2) is 49.8 Å². The second-order valence-corrected chi connectivity index (χ2v) is 4.66. The average molecular weight is 258 g/mol. The molecule has 1 saturated heterocycles. The van der Waals surface area contributed by atoms with Gasteiger partial charge in [-0.25, -0.2) is 4.79 Å². The summed E-state index contributed by atoms with van der Waals surface area (Å²) >= 11 is 0. The third-order valence-corrected chi connectivity index (χ3v) is 3.21. The first-order chi connectivity index (χ1) is 8.60. The second-order valence-electron chi connectivity index (χ2n) is 4.66. The quantitative estimate of drug-likeness (QED) is 0.533. The van der Waals surface area contributed by atoms with E-state index in [2.05, 4.69) is 17.6 Å². The van der Waals surface area contributed by atoms with Crippen molar-refractivity contribution < 1.29 is 19.4 Å². The number of hydrogen-bond donors (Lipinski definition) is 3. The number of nitrogens with one attached hydrogen (secondary N) is 2. The van der Waals surface area contributed by atoms with Crippen molar-refractivity contribution in [2.75, 3.05) is 32.8 Å². The maximum absolute atomic E-state index is 12.1. The van der Waals surface area contributed by atoms with E-state index in [1.807, 2.05) is 0 Å². The molecule has 1 rings (SSSR count). The van der Waals surface area contributed by atoms with E-state index in [1.54, 1.807) is 0 Å². The van der Waals surface area contributed by atoms with Gasteiger partial charge in [0.1, 0.15) is 6.61 Å². The summed E-state index contributed by atoms with van der Waals surface area (Å²) in [6, 6.07) is 0. The molecule has 0 aromatic rings. The summed E-state index contributed by atoms with van der Waals surface area (Å²) in [6.07, 6.45) is 2.72. The molecule has 0 saturated carbocycles. The van der Waals surface area contributed by atoms with Crippen LogP contribution in [0.4, 0.5) is 0 Å². The fourth-order valence-corrected chi connectivity index (χ4v) is 2.33. The van der Waals surface area contributed by atoms with E-state index in [4.69, 9.17) is 9.84 Å². The normalized spacial score (nSPS) is 22.9. The van der Waals surface area contributed by atoms with Crippen LogP contribution in [0.3, 0.4) is 0 Å². The highest BCUT2D eigenvalue weighted by atomic mass is 16.5. The van der Waals surface area contributed by atoms with Gasteiger partial charge in [-0.15, -0.1) is 0 Å². The molecule has 1 atom stereocenters. The molecule has 1 aliphatic rings. The first-order valence-electron chi connectivity index (χ1n) is 6.39. The van der Waals surface area contributed by atoms with Crippen molar-refractivity contribution in [2.45, 2.75) is 26.2 Å². The first kappa shape index (κ1) is 14.9. The van der Waals surface area contributed by atoms with Crippen LogP contribution in [0.25, 0.3) is 0 Å². The summed E-state index contributed by atoms with van der Waals surface area (Å²) in [5.74, 6) is -0.947. The first-order valence-corrected chi connectivity index (χ1v) is 6.39. The lowest BCUT2D eigenvalue weighted by molar-refractivity contribution is -0.142. The van der Waals surface area contributed by atoms with Crippen LogP contribution in [0.5, 0.6) is 0 Å². The Bertz CT molecular complexity index is 288. The number of amides is 1. The minimum absolute atomic E-state index is 0.0493. The van der Waals surface area contributed by atoms with Gasteiger partial charge < -0.3 is 20.5 Å². The van der Waals surface area contributed by atoms with Gasteiger partial charge in [0.2, 0.25) is 5.91 Å². The largest absolute Gasteiger partial charge is 0.480 e. The molecule has 0 aliphatic carbocycles. The molecule has 0 spiro atoms. The van der Waals surface area contributed by atoms with Gasteiger partial charge in [-0.1, -0.05) is 13.3 Å². The highest BCUT2D eigenvalue weighted by Crippen LogP contribution is 2.31. The Morgan fingerprint density at radius 1 is 1.50 bits per heavy atom. The molecule has 0 radical (unpaired) electrons. The van der Waals surface area contributed by atoms with Crippen molar-refractivity contribution in [1.29, 1.82) is 0 Å². The van der Waals surface area contributed by atoms with Gasteiger partial charge in [0, 0.05) is 13.1 Å². The van der Waals surface area contributed by atoms with E-state index in [0.717, 1.165) is 32.4 Å². The molecular weight excluding hydrogens is 236 g/mol. The smallest absolute Gasteiger partial charge is 0.329 e. The molecule has 1 heterocycles. The fraction of sp³-hybridized carbons (Fsp3) is 0.833. The van der Waals surface area contributed by atoms with Gasteiger partial charge in [0.15, 0.2) is 0 Å². The van der Waals surface area contributed by atoms with Crippen molar-refractivity contribution in [3.63, 3.8) is 0 Å². The summed E-state index contributed by atoms with van der Waals surface area (Å²) < 4.78 is 4.87. The molecule has 18 heavy (non-hydrogen) atoms. The van der Waals surface area contributed by atoms with Crippen LogP contribution in [0.15, 0.2) is 0 Å². The zero-order chi connectivity index (χ0) is 13.4. The van der Waals surface area contributed by atoms with Crippen LogP contribution in [0.1, 0.15) is 26.2 Å². The van der Waals surface area contributed by atoms with Crippen LogP contribution < -0.4 is 10.6 Å². The maximum atomic E-state index is 12.1. The number of carbonyl (C=O) groups excluding carboxylic acids is 1. The Morgan fingerprint density at radius 3 is 2.83 bits per heavy atom. The molecule has 0 aromatic carbocycles. The van der Waals surface area contributed by atoms with Crippen LogP contribution in [0, 0.1) is 5.41 Å². The number of hydrogen-bond acceptors (Lipinski definition) is 4. The molecule has 1 unspecified atom stereocenters. The minimum atomic E-state index is -0.997. The lowest BCUT2D eigenvalue weighted by Crippen LogP contribution is -2.43. The Labute approximate surface area is 107 Å². The Morgan fingerprint density at radius 2 is 2.28 bits per heavy atom. The summed E-state index contributed by atoms with van der Waals surface area (Å²) in [5.41, 5.74) is -0.290. The number of aliphatic carboxylic acids is 1. The van der Waals surface area contributed by atoms with Crippen LogP contribution in [-0.2, 0) is 14.3 Å². The molecule has 104 valence electrons. The summed E-state index contributed by atoms with van der Waals surface area (Å²) in [5, 5.41) is 14.4.